The predicted molar refractivity (Wildman–Crippen MR) is 95.7 cm³/mol. The van der Waals surface area contributed by atoms with E-state index in [1.54, 1.807) is 0 Å². The van der Waals surface area contributed by atoms with E-state index >= 15 is 0 Å². The third-order valence-electron chi connectivity index (χ3n) is 3.19. The van der Waals surface area contributed by atoms with Gasteiger partial charge in [-0.25, -0.2) is 0 Å². The molecule has 2 aromatic rings. The summed E-state index contributed by atoms with van der Waals surface area (Å²) >= 11 is 8.88. The quantitative estimate of drug-likeness (QED) is 0.646. The first kappa shape index (κ1) is 16.2. The second-order valence-corrected chi connectivity index (χ2v) is 8.68. The molecular weight excluding hydrogens is 398 g/mol. The van der Waals surface area contributed by atoms with Crippen molar-refractivity contribution >= 4 is 43.2 Å². The van der Waals surface area contributed by atoms with Gasteiger partial charge in [0, 0.05) is 27.9 Å². The van der Waals surface area contributed by atoms with Crippen molar-refractivity contribution in [2.75, 3.05) is 6.54 Å². The average Bonchev–Trinajstić information content (AvgIpc) is 2.81. The number of halogens is 2. The van der Waals surface area contributed by atoms with Crippen LogP contribution in [0.1, 0.15) is 30.2 Å². The molecule has 0 aliphatic rings. The standard InChI is InChI=1S/C16H19Br2NS/c1-11(2)19-10-13(9-15-7-8-16(18)20-15)12-3-5-14(17)6-4-12/h3-8,11,13,19H,9-10H2,1-2H3. The molecule has 0 fully saturated rings. The van der Waals surface area contributed by atoms with Crippen LogP contribution in [0.15, 0.2) is 44.7 Å². The molecule has 2 rings (SSSR count). The van der Waals surface area contributed by atoms with Crippen molar-refractivity contribution in [3.63, 3.8) is 0 Å². The van der Waals surface area contributed by atoms with Crippen LogP contribution in [0, 0.1) is 0 Å². The molecule has 1 heterocycles. The molecule has 20 heavy (non-hydrogen) atoms. The monoisotopic (exact) mass is 415 g/mol. The van der Waals surface area contributed by atoms with E-state index in [4.69, 9.17) is 0 Å². The molecule has 1 aromatic heterocycles. The van der Waals surface area contributed by atoms with Crippen molar-refractivity contribution in [3.8, 4) is 0 Å². The molecule has 0 saturated carbocycles. The van der Waals surface area contributed by atoms with Gasteiger partial charge >= 0.3 is 0 Å². The fraction of sp³-hybridized carbons (Fsp3) is 0.375. The molecule has 1 N–H and O–H groups in total. The zero-order chi connectivity index (χ0) is 14.5. The first-order valence-electron chi connectivity index (χ1n) is 6.77. The van der Waals surface area contributed by atoms with E-state index < -0.39 is 0 Å². The van der Waals surface area contributed by atoms with Crippen LogP contribution in [-0.2, 0) is 6.42 Å². The number of thiophene rings is 1. The van der Waals surface area contributed by atoms with Gasteiger partial charge in [-0.3, -0.25) is 0 Å². The zero-order valence-electron chi connectivity index (χ0n) is 11.7. The third kappa shape index (κ3) is 4.99. The van der Waals surface area contributed by atoms with Crippen LogP contribution in [0.25, 0.3) is 0 Å². The Morgan fingerprint density at radius 3 is 2.30 bits per heavy atom. The summed E-state index contributed by atoms with van der Waals surface area (Å²) < 4.78 is 2.34. The molecule has 0 amide bonds. The highest BCUT2D eigenvalue weighted by atomic mass is 79.9. The summed E-state index contributed by atoms with van der Waals surface area (Å²) in [5.41, 5.74) is 1.39. The number of benzene rings is 1. The number of hydrogen-bond acceptors (Lipinski definition) is 2. The summed E-state index contributed by atoms with van der Waals surface area (Å²) in [6.07, 6.45) is 1.08. The van der Waals surface area contributed by atoms with Gasteiger partial charge in [-0.15, -0.1) is 11.3 Å². The second-order valence-electron chi connectivity index (χ2n) is 5.22. The van der Waals surface area contributed by atoms with E-state index in [9.17, 15) is 0 Å². The van der Waals surface area contributed by atoms with Gasteiger partial charge in [0.05, 0.1) is 3.79 Å². The van der Waals surface area contributed by atoms with Gasteiger partial charge in [0.25, 0.3) is 0 Å². The van der Waals surface area contributed by atoms with E-state index in [-0.39, 0.29) is 0 Å². The molecule has 1 atom stereocenters. The Bertz CT molecular complexity index is 534. The molecule has 108 valence electrons. The molecule has 1 nitrogen and oxygen atoms in total. The van der Waals surface area contributed by atoms with Crippen LogP contribution in [0.5, 0.6) is 0 Å². The van der Waals surface area contributed by atoms with Crippen LogP contribution < -0.4 is 5.32 Å². The summed E-state index contributed by atoms with van der Waals surface area (Å²) in [6.45, 7) is 5.40. The summed E-state index contributed by atoms with van der Waals surface area (Å²) in [5, 5.41) is 3.57. The van der Waals surface area contributed by atoms with Crippen molar-refractivity contribution in [1.82, 2.24) is 5.32 Å². The minimum Gasteiger partial charge on any atom is -0.314 e. The fourth-order valence-corrected chi connectivity index (χ4v) is 3.95. The normalized spacial score (nSPS) is 12.8. The number of rotatable bonds is 6. The molecule has 0 aliphatic heterocycles. The van der Waals surface area contributed by atoms with Crippen molar-refractivity contribution in [2.24, 2.45) is 0 Å². The van der Waals surface area contributed by atoms with E-state index in [0.29, 0.717) is 12.0 Å². The van der Waals surface area contributed by atoms with Crippen LogP contribution in [0.4, 0.5) is 0 Å². The maximum atomic E-state index is 3.57. The Hall–Kier alpha value is -0.160. The highest BCUT2D eigenvalue weighted by Crippen LogP contribution is 2.28. The van der Waals surface area contributed by atoms with Crippen molar-refractivity contribution in [2.45, 2.75) is 32.2 Å². The smallest absolute Gasteiger partial charge is 0.0701 e. The molecule has 1 unspecified atom stereocenters. The molecule has 0 radical (unpaired) electrons. The lowest BCUT2D eigenvalue weighted by Gasteiger charge is -2.19. The largest absolute Gasteiger partial charge is 0.314 e. The van der Waals surface area contributed by atoms with Crippen LogP contribution in [-0.4, -0.2) is 12.6 Å². The lowest BCUT2D eigenvalue weighted by molar-refractivity contribution is 0.528. The Morgan fingerprint density at radius 2 is 1.75 bits per heavy atom. The van der Waals surface area contributed by atoms with Crippen molar-refractivity contribution < 1.29 is 0 Å². The van der Waals surface area contributed by atoms with Gasteiger partial charge in [-0.05, 0) is 52.2 Å². The third-order valence-corrected chi connectivity index (χ3v) is 5.36. The highest BCUT2D eigenvalue weighted by molar-refractivity contribution is 9.11. The molecule has 0 spiro atoms. The van der Waals surface area contributed by atoms with Crippen LogP contribution >= 0.6 is 43.2 Å². The number of nitrogens with one attached hydrogen (secondary N) is 1. The minimum absolute atomic E-state index is 0.510. The lowest BCUT2D eigenvalue weighted by Crippen LogP contribution is -2.28. The van der Waals surface area contributed by atoms with E-state index in [2.05, 4.69) is 87.4 Å². The number of hydrogen-bond donors (Lipinski definition) is 1. The van der Waals surface area contributed by atoms with Crippen molar-refractivity contribution in [3.05, 3.63) is 55.1 Å². The Morgan fingerprint density at radius 1 is 1.05 bits per heavy atom. The molecule has 1 aromatic carbocycles. The summed E-state index contributed by atoms with van der Waals surface area (Å²) in [5.74, 6) is 0.510. The molecule has 0 aliphatic carbocycles. The topological polar surface area (TPSA) is 12.0 Å². The molecular formula is C16H19Br2NS. The van der Waals surface area contributed by atoms with E-state index in [0.717, 1.165) is 17.4 Å². The van der Waals surface area contributed by atoms with Gasteiger partial charge in [0.1, 0.15) is 0 Å². The second kappa shape index (κ2) is 7.74. The van der Waals surface area contributed by atoms with Gasteiger partial charge in [-0.1, -0.05) is 41.9 Å². The van der Waals surface area contributed by atoms with Gasteiger partial charge in [-0.2, -0.15) is 0 Å². The molecule has 0 saturated heterocycles. The van der Waals surface area contributed by atoms with Crippen molar-refractivity contribution in [1.29, 1.82) is 0 Å². The van der Waals surface area contributed by atoms with Gasteiger partial charge < -0.3 is 5.32 Å². The predicted octanol–water partition coefficient (Wildman–Crippen LogP) is 5.60. The van der Waals surface area contributed by atoms with Gasteiger partial charge in [0.15, 0.2) is 0 Å². The lowest BCUT2D eigenvalue weighted by atomic mass is 9.94. The zero-order valence-corrected chi connectivity index (χ0v) is 15.7. The van der Waals surface area contributed by atoms with Crippen LogP contribution in [0.2, 0.25) is 0 Å². The average molecular weight is 417 g/mol. The first-order chi connectivity index (χ1) is 9.54. The van der Waals surface area contributed by atoms with E-state index in [1.807, 2.05) is 11.3 Å². The van der Waals surface area contributed by atoms with Gasteiger partial charge in [0.2, 0.25) is 0 Å². The SMILES string of the molecule is CC(C)NCC(Cc1ccc(Br)s1)c1ccc(Br)cc1. The minimum atomic E-state index is 0.510. The molecule has 4 heteroatoms. The summed E-state index contributed by atoms with van der Waals surface area (Å²) in [7, 11) is 0. The maximum Gasteiger partial charge on any atom is 0.0701 e. The van der Waals surface area contributed by atoms with Crippen LogP contribution in [0.3, 0.4) is 0 Å². The summed E-state index contributed by atoms with van der Waals surface area (Å²) in [6, 6.07) is 13.6. The van der Waals surface area contributed by atoms with E-state index in [1.165, 1.54) is 14.2 Å². The Kier molecular flexibility index (Phi) is 6.27. The Balaban J connectivity index is 2.13. The summed E-state index contributed by atoms with van der Waals surface area (Å²) in [4.78, 5) is 1.43. The Labute approximate surface area is 142 Å². The maximum absolute atomic E-state index is 3.57. The first-order valence-corrected chi connectivity index (χ1v) is 9.18. The highest BCUT2D eigenvalue weighted by Gasteiger charge is 2.14. The molecule has 0 bridgehead atoms. The fourth-order valence-electron chi connectivity index (χ4n) is 2.13.